The molecule has 0 radical (unpaired) electrons. The molecule has 1 nitrogen and oxygen atoms in total. The summed E-state index contributed by atoms with van der Waals surface area (Å²) in [5.74, 6) is 0. The third-order valence-corrected chi connectivity index (χ3v) is 2.23. The number of hydrogen-bond donors (Lipinski definition) is 1. The molecule has 1 N–H and O–H groups in total. The predicted molar refractivity (Wildman–Crippen MR) is 42.8 cm³/mol. The van der Waals surface area contributed by atoms with E-state index < -0.39 is 0 Å². The molecule has 58 valence electrons. The average molecular weight is 140 g/mol. The Balaban J connectivity index is 2.71. The van der Waals surface area contributed by atoms with E-state index in [4.69, 9.17) is 0 Å². The van der Waals surface area contributed by atoms with E-state index in [1.165, 1.54) is 5.57 Å². The lowest BCUT2D eigenvalue weighted by molar-refractivity contribution is 0.190. The van der Waals surface area contributed by atoms with Crippen molar-refractivity contribution in [2.24, 2.45) is 5.41 Å². The van der Waals surface area contributed by atoms with E-state index in [-0.39, 0.29) is 6.10 Å². The highest BCUT2D eigenvalue weighted by molar-refractivity contribution is 5.15. The summed E-state index contributed by atoms with van der Waals surface area (Å²) in [5.41, 5.74) is 1.53. The Kier molecular flexibility index (Phi) is 1.86. The van der Waals surface area contributed by atoms with Crippen LogP contribution in [0.5, 0.6) is 0 Å². The highest BCUT2D eigenvalue weighted by Gasteiger charge is 2.32. The van der Waals surface area contributed by atoms with E-state index >= 15 is 0 Å². The quantitative estimate of drug-likeness (QED) is 0.511. The summed E-state index contributed by atoms with van der Waals surface area (Å²) >= 11 is 0. The standard InChI is InChI=1S/C9H16O/c1-4-7-5-9(2,3)6-8(7)10/h4,8,10H,5-6H2,1-3H3/b7-4+. The molecular formula is C9H16O. The molecule has 1 atom stereocenters. The Morgan fingerprint density at radius 2 is 2.20 bits per heavy atom. The maximum atomic E-state index is 9.46. The van der Waals surface area contributed by atoms with Crippen LogP contribution in [0.1, 0.15) is 33.6 Å². The number of hydrogen-bond acceptors (Lipinski definition) is 1. The van der Waals surface area contributed by atoms with Gasteiger partial charge in [-0.2, -0.15) is 0 Å². The van der Waals surface area contributed by atoms with E-state index in [2.05, 4.69) is 13.8 Å². The first-order chi connectivity index (χ1) is 4.55. The Morgan fingerprint density at radius 1 is 1.60 bits per heavy atom. The van der Waals surface area contributed by atoms with Crippen LogP contribution in [0.25, 0.3) is 0 Å². The Labute approximate surface area is 62.8 Å². The minimum Gasteiger partial charge on any atom is -0.389 e. The van der Waals surface area contributed by atoms with Gasteiger partial charge in [-0.05, 0) is 30.8 Å². The number of aliphatic hydroxyl groups excluding tert-OH is 1. The van der Waals surface area contributed by atoms with Gasteiger partial charge in [-0.3, -0.25) is 0 Å². The summed E-state index contributed by atoms with van der Waals surface area (Å²) in [7, 11) is 0. The summed E-state index contributed by atoms with van der Waals surface area (Å²) in [5, 5.41) is 9.46. The molecule has 0 amide bonds. The zero-order valence-corrected chi connectivity index (χ0v) is 7.02. The summed E-state index contributed by atoms with van der Waals surface area (Å²) in [4.78, 5) is 0. The van der Waals surface area contributed by atoms with Crippen LogP contribution in [0.3, 0.4) is 0 Å². The first-order valence-electron chi connectivity index (χ1n) is 3.88. The van der Waals surface area contributed by atoms with Gasteiger partial charge in [0.15, 0.2) is 0 Å². The van der Waals surface area contributed by atoms with Gasteiger partial charge >= 0.3 is 0 Å². The lowest BCUT2D eigenvalue weighted by atomic mass is 9.91. The van der Waals surface area contributed by atoms with Gasteiger partial charge < -0.3 is 5.11 Å². The van der Waals surface area contributed by atoms with Gasteiger partial charge in [0.2, 0.25) is 0 Å². The fraction of sp³-hybridized carbons (Fsp3) is 0.778. The molecule has 10 heavy (non-hydrogen) atoms. The fourth-order valence-corrected chi connectivity index (χ4v) is 1.69. The maximum absolute atomic E-state index is 9.46. The van der Waals surface area contributed by atoms with Crippen LogP contribution in [0.4, 0.5) is 0 Å². The van der Waals surface area contributed by atoms with Gasteiger partial charge in [-0.25, -0.2) is 0 Å². The maximum Gasteiger partial charge on any atom is 0.0755 e. The van der Waals surface area contributed by atoms with Crippen molar-refractivity contribution >= 4 is 0 Å². The van der Waals surface area contributed by atoms with Crippen LogP contribution < -0.4 is 0 Å². The molecule has 0 aromatic heterocycles. The smallest absolute Gasteiger partial charge is 0.0755 e. The van der Waals surface area contributed by atoms with Crippen LogP contribution in [0, 0.1) is 5.41 Å². The molecule has 0 aromatic carbocycles. The second kappa shape index (κ2) is 2.39. The van der Waals surface area contributed by atoms with Crippen molar-refractivity contribution < 1.29 is 5.11 Å². The van der Waals surface area contributed by atoms with Crippen LogP contribution in [-0.4, -0.2) is 11.2 Å². The fourth-order valence-electron chi connectivity index (χ4n) is 1.69. The van der Waals surface area contributed by atoms with Crippen molar-refractivity contribution in [1.29, 1.82) is 0 Å². The van der Waals surface area contributed by atoms with Gasteiger partial charge in [0.1, 0.15) is 0 Å². The first-order valence-corrected chi connectivity index (χ1v) is 3.88. The molecule has 1 aliphatic carbocycles. The third kappa shape index (κ3) is 1.40. The molecule has 0 saturated heterocycles. The molecule has 1 aliphatic rings. The van der Waals surface area contributed by atoms with Crippen molar-refractivity contribution in [3.63, 3.8) is 0 Å². The molecule has 0 aliphatic heterocycles. The molecule has 1 unspecified atom stereocenters. The monoisotopic (exact) mass is 140 g/mol. The molecule has 0 bridgehead atoms. The van der Waals surface area contributed by atoms with E-state index in [0.717, 1.165) is 12.8 Å². The van der Waals surface area contributed by atoms with Crippen LogP contribution in [0.15, 0.2) is 11.6 Å². The lowest BCUT2D eigenvalue weighted by Gasteiger charge is -2.14. The Hall–Kier alpha value is -0.300. The van der Waals surface area contributed by atoms with Crippen molar-refractivity contribution in [1.82, 2.24) is 0 Å². The molecular weight excluding hydrogens is 124 g/mol. The number of allylic oxidation sites excluding steroid dienone is 1. The molecule has 1 fully saturated rings. The first kappa shape index (κ1) is 7.80. The van der Waals surface area contributed by atoms with E-state index in [0.29, 0.717) is 5.41 Å². The molecule has 1 saturated carbocycles. The average Bonchev–Trinajstić information content (AvgIpc) is 2.05. The molecule has 1 heteroatoms. The van der Waals surface area contributed by atoms with E-state index in [9.17, 15) is 5.11 Å². The zero-order valence-electron chi connectivity index (χ0n) is 7.02. The zero-order chi connectivity index (χ0) is 7.78. The summed E-state index contributed by atoms with van der Waals surface area (Å²) in [6.45, 7) is 6.40. The van der Waals surface area contributed by atoms with Crippen molar-refractivity contribution in [3.05, 3.63) is 11.6 Å². The summed E-state index contributed by atoms with van der Waals surface area (Å²) in [6, 6.07) is 0. The normalized spacial score (nSPS) is 35.2. The largest absolute Gasteiger partial charge is 0.389 e. The van der Waals surface area contributed by atoms with Gasteiger partial charge in [0, 0.05) is 0 Å². The Bertz CT molecular complexity index is 156. The predicted octanol–water partition coefficient (Wildman–Crippen LogP) is 2.11. The minimum absolute atomic E-state index is 0.167. The molecule has 0 heterocycles. The van der Waals surface area contributed by atoms with Crippen LogP contribution in [-0.2, 0) is 0 Å². The second-order valence-electron chi connectivity index (χ2n) is 3.92. The molecule has 0 aromatic rings. The van der Waals surface area contributed by atoms with Gasteiger partial charge in [0.25, 0.3) is 0 Å². The second-order valence-corrected chi connectivity index (χ2v) is 3.92. The number of aliphatic hydroxyl groups is 1. The summed E-state index contributed by atoms with van der Waals surface area (Å²) < 4.78 is 0. The minimum atomic E-state index is -0.167. The topological polar surface area (TPSA) is 20.2 Å². The van der Waals surface area contributed by atoms with Crippen LogP contribution >= 0.6 is 0 Å². The number of rotatable bonds is 0. The Morgan fingerprint density at radius 3 is 2.40 bits per heavy atom. The van der Waals surface area contributed by atoms with Crippen molar-refractivity contribution in [3.8, 4) is 0 Å². The van der Waals surface area contributed by atoms with Crippen molar-refractivity contribution in [2.75, 3.05) is 0 Å². The SMILES string of the molecule is C/C=C1\CC(C)(C)CC1O. The lowest BCUT2D eigenvalue weighted by Crippen LogP contribution is -2.07. The highest BCUT2D eigenvalue weighted by atomic mass is 16.3. The highest BCUT2D eigenvalue weighted by Crippen LogP contribution is 2.40. The van der Waals surface area contributed by atoms with Crippen LogP contribution in [0.2, 0.25) is 0 Å². The molecule has 1 rings (SSSR count). The van der Waals surface area contributed by atoms with Gasteiger partial charge in [0.05, 0.1) is 6.10 Å². The molecule has 0 spiro atoms. The van der Waals surface area contributed by atoms with Gasteiger partial charge in [-0.15, -0.1) is 0 Å². The summed E-state index contributed by atoms with van der Waals surface area (Å²) in [6.07, 6.45) is 3.86. The van der Waals surface area contributed by atoms with E-state index in [1.54, 1.807) is 0 Å². The van der Waals surface area contributed by atoms with Crippen molar-refractivity contribution in [2.45, 2.75) is 39.7 Å². The van der Waals surface area contributed by atoms with E-state index in [1.807, 2.05) is 13.0 Å². The third-order valence-electron chi connectivity index (χ3n) is 2.23. The van der Waals surface area contributed by atoms with Gasteiger partial charge in [-0.1, -0.05) is 19.9 Å².